The maximum atomic E-state index is 6.26. The molecule has 0 unspecified atom stereocenters. The molecule has 3 atom stereocenters. The van der Waals surface area contributed by atoms with Crippen molar-refractivity contribution < 1.29 is 4.74 Å². The van der Waals surface area contributed by atoms with E-state index in [4.69, 9.17) is 27.9 Å². The molecular weight excluding hydrogens is 287 g/mol. The van der Waals surface area contributed by atoms with Crippen LogP contribution in [0, 0.1) is 0 Å². The maximum absolute atomic E-state index is 6.26. The van der Waals surface area contributed by atoms with Gasteiger partial charge in [-0.1, -0.05) is 27.5 Å². The summed E-state index contributed by atoms with van der Waals surface area (Å²) < 4.78 is 5.98. The number of hydrogen-bond donors (Lipinski definition) is 0. The Balaban J connectivity index is 2.89. The maximum Gasteiger partial charge on any atom is 0.102 e. The predicted octanol–water partition coefficient (Wildman–Crippen LogP) is 4.07. The number of ether oxygens (including phenoxy) is 1. The van der Waals surface area contributed by atoms with Gasteiger partial charge in [-0.25, -0.2) is 0 Å². The van der Waals surface area contributed by atoms with E-state index in [0.29, 0.717) is 0 Å². The smallest absolute Gasteiger partial charge is 0.102 e. The monoisotopic (exact) mass is 300 g/mol. The molecule has 82 valence electrons. The fraction of sp³-hybridized carbons (Fsp3) is 0.800. The van der Waals surface area contributed by atoms with Crippen LogP contribution in [0.3, 0.4) is 0 Å². The third-order valence-electron chi connectivity index (χ3n) is 2.67. The van der Waals surface area contributed by atoms with Gasteiger partial charge in [0.05, 0.1) is 11.0 Å². The van der Waals surface area contributed by atoms with Crippen LogP contribution in [0.5, 0.6) is 0 Å². The van der Waals surface area contributed by atoms with Crippen molar-refractivity contribution in [2.75, 3.05) is 0 Å². The number of alkyl halides is 2. The normalized spacial score (nSPS) is 43.0. The lowest BCUT2D eigenvalue weighted by Gasteiger charge is -2.47. The largest absolute Gasteiger partial charge is 0.363 e. The summed E-state index contributed by atoms with van der Waals surface area (Å²) in [6.45, 7) is 6.06. The van der Waals surface area contributed by atoms with E-state index in [1.54, 1.807) is 0 Å². The second-order valence-electron chi connectivity index (χ2n) is 4.35. The predicted molar refractivity (Wildman–Crippen MR) is 65.5 cm³/mol. The van der Waals surface area contributed by atoms with Crippen LogP contribution in [0.15, 0.2) is 11.6 Å². The van der Waals surface area contributed by atoms with Crippen LogP contribution in [0.2, 0.25) is 0 Å². The molecule has 1 aliphatic rings. The van der Waals surface area contributed by atoms with E-state index in [1.165, 1.54) is 5.54 Å². The van der Waals surface area contributed by atoms with Gasteiger partial charge in [-0.3, -0.25) is 0 Å². The summed E-state index contributed by atoms with van der Waals surface area (Å²) in [4.78, 5) is 0.273. The fourth-order valence-electron chi connectivity index (χ4n) is 1.66. The van der Waals surface area contributed by atoms with E-state index in [9.17, 15) is 0 Å². The van der Waals surface area contributed by atoms with Gasteiger partial charge in [0, 0.05) is 10.4 Å². The highest BCUT2D eigenvalue weighted by molar-refractivity contribution is 9.09. The zero-order valence-electron chi connectivity index (χ0n) is 8.56. The molecular formula is C10H15BrCl2O. The number of halogens is 3. The van der Waals surface area contributed by atoms with Crippen LogP contribution >= 0.6 is 39.1 Å². The van der Waals surface area contributed by atoms with E-state index >= 15 is 0 Å². The molecule has 1 heterocycles. The minimum atomic E-state index is -0.475. The molecule has 0 aromatic heterocycles. The Morgan fingerprint density at radius 1 is 1.43 bits per heavy atom. The fourth-order valence-corrected chi connectivity index (χ4v) is 2.89. The summed E-state index contributed by atoms with van der Waals surface area (Å²) >= 11 is 15.4. The summed E-state index contributed by atoms with van der Waals surface area (Å²) in [5.74, 6) is 0. The highest BCUT2D eigenvalue weighted by atomic mass is 79.9. The Hall–Kier alpha value is 0.760. The van der Waals surface area contributed by atoms with Gasteiger partial charge in [0.2, 0.25) is 0 Å². The molecule has 1 rings (SSSR count). The van der Waals surface area contributed by atoms with Crippen molar-refractivity contribution in [2.24, 2.45) is 0 Å². The van der Waals surface area contributed by atoms with Crippen molar-refractivity contribution >= 4 is 39.1 Å². The van der Waals surface area contributed by atoms with Gasteiger partial charge in [-0.2, -0.15) is 0 Å². The lowest BCUT2D eigenvalue weighted by atomic mass is 9.87. The molecule has 1 aliphatic heterocycles. The van der Waals surface area contributed by atoms with Crippen molar-refractivity contribution in [3.05, 3.63) is 11.6 Å². The standard InChI is InChI=1S/C10H15BrCl2O/c1-9(2)7(11)6-8(13)10(3,14-9)4-5-12/h4-5,7-8H,6H2,1-3H3/b5-4+/t7-,8+,10-/m0/s1. The molecule has 0 spiro atoms. The Kier molecular flexibility index (Phi) is 3.96. The lowest BCUT2D eigenvalue weighted by Crippen LogP contribution is -2.54. The molecule has 0 aromatic rings. The molecule has 14 heavy (non-hydrogen) atoms. The van der Waals surface area contributed by atoms with Gasteiger partial charge in [0.25, 0.3) is 0 Å². The summed E-state index contributed by atoms with van der Waals surface area (Å²) in [7, 11) is 0. The van der Waals surface area contributed by atoms with Crippen LogP contribution in [-0.4, -0.2) is 21.4 Å². The molecule has 0 amide bonds. The quantitative estimate of drug-likeness (QED) is 0.664. The first kappa shape index (κ1) is 12.8. The SMILES string of the molecule is CC1(C)O[C@@](C)(/C=C/Cl)[C@H](Cl)C[C@@H]1Br. The van der Waals surface area contributed by atoms with Crippen molar-refractivity contribution in [2.45, 2.75) is 48.6 Å². The second-order valence-corrected chi connectivity index (χ2v) is 6.24. The van der Waals surface area contributed by atoms with Gasteiger partial charge < -0.3 is 4.74 Å². The third-order valence-corrected chi connectivity index (χ3v) is 4.88. The highest BCUT2D eigenvalue weighted by Crippen LogP contribution is 2.42. The molecule has 0 bridgehead atoms. The molecule has 0 saturated carbocycles. The number of hydrogen-bond acceptors (Lipinski definition) is 1. The van der Waals surface area contributed by atoms with Gasteiger partial charge in [0.15, 0.2) is 0 Å². The minimum Gasteiger partial charge on any atom is -0.363 e. The van der Waals surface area contributed by atoms with E-state index in [2.05, 4.69) is 29.8 Å². The second kappa shape index (κ2) is 4.32. The first-order chi connectivity index (χ1) is 6.32. The van der Waals surface area contributed by atoms with Crippen LogP contribution in [0.4, 0.5) is 0 Å². The van der Waals surface area contributed by atoms with Crippen molar-refractivity contribution in [3.8, 4) is 0 Å². The molecule has 0 N–H and O–H groups in total. The van der Waals surface area contributed by atoms with Gasteiger partial charge in [-0.15, -0.1) is 11.6 Å². The molecule has 4 heteroatoms. The van der Waals surface area contributed by atoms with Crippen LogP contribution < -0.4 is 0 Å². The Labute approximate surface area is 104 Å². The van der Waals surface area contributed by atoms with E-state index in [1.807, 2.05) is 13.0 Å². The zero-order valence-corrected chi connectivity index (χ0v) is 11.7. The number of rotatable bonds is 1. The third kappa shape index (κ3) is 2.46. The van der Waals surface area contributed by atoms with Crippen LogP contribution in [-0.2, 0) is 4.74 Å². The topological polar surface area (TPSA) is 9.23 Å². The first-order valence-corrected chi connectivity index (χ1v) is 6.37. The average molecular weight is 302 g/mol. The minimum absolute atomic E-state index is 0.0603. The van der Waals surface area contributed by atoms with Gasteiger partial charge in [-0.05, 0) is 33.3 Å². The van der Waals surface area contributed by atoms with E-state index < -0.39 is 5.60 Å². The Morgan fingerprint density at radius 2 is 2.00 bits per heavy atom. The average Bonchev–Trinajstić information content (AvgIpc) is 2.01. The summed E-state index contributed by atoms with van der Waals surface area (Å²) in [5.41, 5.74) is 0.771. The van der Waals surface area contributed by atoms with Crippen LogP contribution in [0.1, 0.15) is 27.2 Å². The molecule has 1 fully saturated rings. The zero-order chi connectivity index (χ0) is 11.0. The Bertz CT molecular complexity index is 242. The highest BCUT2D eigenvalue weighted by Gasteiger charge is 2.46. The van der Waals surface area contributed by atoms with Gasteiger partial charge in [0.1, 0.15) is 5.60 Å². The summed E-state index contributed by atoms with van der Waals surface area (Å²) in [6.07, 6.45) is 2.68. The molecule has 1 nitrogen and oxygen atoms in total. The molecule has 0 aromatic carbocycles. The first-order valence-electron chi connectivity index (χ1n) is 4.58. The molecule has 0 radical (unpaired) electrons. The lowest BCUT2D eigenvalue weighted by molar-refractivity contribution is -0.131. The summed E-state index contributed by atoms with van der Waals surface area (Å²) in [5, 5.41) is -0.0603. The van der Waals surface area contributed by atoms with Crippen molar-refractivity contribution in [1.29, 1.82) is 0 Å². The summed E-state index contributed by atoms with van der Waals surface area (Å²) in [6, 6.07) is 0. The molecule has 0 aliphatic carbocycles. The van der Waals surface area contributed by atoms with E-state index in [0.717, 1.165) is 6.42 Å². The van der Waals surface area contributed by atoms with Gasteiger partial charge >= 0.3 is 0 Å². The van der Waals surface area contributed by atoms with Crippen molar-refractivity contribution in [1.82, 2.24) is 0 Å². The van der Waals surface area contributed by atoms with Crippen molar-refractivity contribution in [3.63, 3.8) is 0 Å². The van der Waals surface area contributed by atoms with E-state index in [-0.39, 0.29) is 15.8 Å². The van der Waals surface area contributed by atoms with Crippen LogP contribution in [0.25, 0.3) is 0 Å². The Morgan fingerprint density at radius 3 is 2.50 bits per heavy atom. The molecule has 1 saturated heterocycles.